The predicted octanol–water partition coefficient (Wildman–Crippen LogP) is 2.59. The van der Waals surface area contributed by atoms with Crippen LogP contribution in [0, 0.1) is 12.7 Å². The molecule has 0 spiro atoms. The zero-order valence-corrected chi connectivity index (χ0v) is 13.5. The summed E-state index contributed by atoms with van der Waals surface area (Å²) < 4.78 is 38.9. The quantitative estimate of drug-likeness (QED) is 0.819. The molecule has 1 heterocycles. The number of nitrogens with zero attached hydrogens (tertiary/aromatic N) is 2. The molecule has 2 rings (SSSR count). The van der Waals surface area contributed by atoms with Crippen molar-refractivity contribution >= 4 is 21.4 Å². The van der Waals surface area contributed by atoms with Gasteiger partial charge in [-0.15, -0.1) is 11.3 Å². The molecule has 2 aromatic rings. The molecule has 0 fully saturated rings. The Morgan fingerprint density at radius 3 is 2.76 bits per heavy atom. The maximum atomic E-state index is 13.1. The molecule has 0 aliphatic rings. The summed E-state index contributed by atoms with van der Waals surface area (Å²) in [4.78, 5) is 5.09. The van der Waals surface area contributed by atoms with Crippen molar-refractivity contribution in [2.45, 2.75) is 19.9 Å². The zero-order valence-electron chi connectivity index (χ0n) is 11.9. The molecule has 0 aliphatic carbocycles. The number of halogens is 1. The van der Waals surface area contributed by atoms with Crippen LogP contribution in [0.25, 0.3) is 0 Å². The molecule has 21 heavy (non-hydrogen) atoms. The van der Waals surface area contributed by atoms with Crippen molar-refractivity contribution < 1.29 is 12.8 Å². The molecular formula is C14H17FN2O2S2. The first kappa shape index (κ1) is 16.1. The average Bonchev–Trinajstić information content (AvgIpc) is 2.82. The van der Waals surface area contributed by atoms with Crippen molar-refractivity contribution in [1.29, 1.82) is 0 Å². The Labute approximate surface area is 128 Å². The topological polar surface area (TPSA) is 50.3 Å². The minimum absolute atomic E-state index is 0.0296. The lowest BCUT2D eigenvalue weighted by molar-refractivity contribution is 0.465. The summed E-state index contributed by atoms with van der Waals surface area (Å²) in [6.45, 7) is 2.04. The monoisotopic (exact) mass is 328 g/mol. The minimum Gasteiger partial charge on any atom is -0.250 e. The van der Waals surface area contributed by atoms with E-state index in [1.807, 2.05) is 6.92 Å². The van der Waals surface area contributed by atoms with E-state index in [9.17, 15) is 12.8 Å². The second kappa shape index (κ2) is 6.64. The molecule has 0 amide bonds. The molecule has 0 unspecified atom stereocenters. The van der Waals surface area contributed by atoms with Crippen LogP contribution in [0.5, 0.6) is 0 Å². The van der Waals surface area contributed by atoms with Crippen LogP contribution in [-0.4, -0.2) is 30.5 Å². The van der Waals surface area contributed by atoms with Crippen LogP contribution < -0.4 is 0 Å². The number of benzene rings is 1. The van der Waals surface area contributed by atoms with E-state index in [0.717, 1.165) is 10.6 Å². The molecule has 0 bridgehead atoms. The van der Waals surface area contributed by atoms with Gasteiger partial charge >= 0.3 is 0 Å². The van der Waals surface area contributed by atoms with Gasteiger partial charge in [-0.1, -0.05) is 12.1 Å². The fraction of sp³-hybridized carbons (Fsp3) is 0.357. The lowest BCUT2D eigenvalue weighted by Crippen LogP contribution is -2.29. The summed E-state index contributed by atoms with van der Waals surface area (Å²) in [6, 6.07) is 5.97. The Bertz CT molecular complexity index is 713. The molecule has 7 heteroatoms. The summed E-state index contributed by atoms with van der Waals surface area (Å²) in [5, 5.41) is 0. The number of rotatable bonds is 6. The SMILES string of the molecule is Cc1ncsc1CCS(=O)(=O)N(C)Cc1cccc(F)c1. The number of aryl methyl sites for hydroxylation is 2. The van der Waals surface area contributed by atoms with Gasteiger partial charge in [0.05, 0.1) is 17.0 Å². The molecule has 1 aromatic carbocycles. The first-order valence-corrected chi connectivity index (χ1v) is 8.95. The maximum Gasteiger partial charge on any atom is 0.214 e. The fourth-order valence-corrected chi connectivity index (χ4v) is 3.96. The Balaban J connectivity index is 2.00. The molecular weight excluding hydrogens is 311 g/mol. The van der Waals surface area contributed by atoms with Crippen LogP contribution in [0.15, 0.2) is 29.8 Å². The first-order chi connectivity index (χ1) is 9.88. The van der Waals surface area contributed by atoms with E-state index >= 15 is 0 Å². The molecule has 0 radical (unpaired) electrons. The van der Waals surface area contributed by atoms with Gasteiger partial charge in [0, 0.05) is 18.5 Å². The van der Waals surface area contributed by atoms with Gasteiger partial charge in [0.15, 0.2) is 0 Å². The van der Waals surface area contributed by atoms with E-state index in [2.05, 4.69) is 4.98 Å². The Morgan fingerprint density at radius 1 is 1.38 bits per heavy atom. The van der Waals surface area contributed by atoms with E-state index in [1.54, 1.807) is 17.6 Å². The third-order valence-corrected chi connectivity index (χ3v) is 5.99. The Morgan fingerprint density at radius 2 is 2.14 bits per heavy atom. The third kappa shape index (κ3) is 4.33. The van der Waals surface area contributed by atoms with Crippen molar-refractivity contribution in [2.24, 2.45) is 0 Å². The average molecular weight is 328 g/mol. The van der Waals surface area contributed by atoms with Crippen molar-refractivity contribution in [3.05, 3.63) is 51.7 Å². The van der Waals surface area contributed by atoms with Gasteiger partial charge in [-0.2, -0.15) is 0 Å². The number of hydrogen-bond donors (Lipinski definition) is 0. The van der Waals surface area contributed by atoms with Crippen molar-refractivity contribution in [2.75, 3.05) is 12.8 Å². The molecule has 114 valence electrons. The van der Waals surface area contributed by atoms with Gasteiger partial charge in [-0.05, 0) is 31.0 Å². The Hall–Kier alpha value is -1.31. The number of thiazole rings is 1. The van der Waals surface area contributed by atoms with Gasteiger partial charge in [0.2, 0.25) is 10.0 Å². The molecule has 4 nitrogen and oxygen atoms in total. The highest BCUT2D eigenvalue weighted by molar-refractivity contribution is 7.89. The predicted molar refractivity (Wildman–Crippen MR) is 82.2 cm³/mol. The van der Waals surface area contributed by atoms with Gasteiger partial charge in [-0.3, -0.25) is 0 Å². The number of sulfonamides is 1. The van der Waals surface area contributed by atoms with Gasteiger partial charge in [0.1, 0.15) is 5.82 Å². The first-order valence-electron chi connectivity index (χ1n) is 6.46. The van der Waals surface area contributed by atoms with E-state index in [1.165, 1.54) is 34.8 Å². The molecule has 0 saturated heterocycles. The van der Waals surface area contributed by atoms with E-state index < -0.39 is 10.0 Å². The summed E-state index contributed by atoms with van der Waals surface area (Å²) >= 11 is 1.46. The van der Waals surface area contributed by atoms with Gasteiger partial charge < -0.3 is 0 Å². The highest BCUT2D eigenvalue weighted by Gasteiger charge is 2.19. The number of hydrogen-bond acceptors (Lipinski definition) is 4. The normalized spacial score (nSPS) is 12.0. The summed E-state index contributed by atoms with van der Waals surface area (Å²) in [6.07, 6.45) is 0.451. The highest BCUT2D eigenvalue weighted by atomic mass is 32.2. The second-order valence-corrected chi connectivity index (χ2v) is 7.95. The van der Waals surface area contributed by atoms with E-state index in [-0.39, 0.29) is 18.1 Å². The van der Waals surface area contributed by atoms with Gasteiger partial charge in [-0.25, -0.2) is 22.1 Å². The lowest BCUT2D eigenvalue weighted by atomic mass is 10.2. The van der Waals surface area contributed by atoms with Gasteiger partial charge in [0.25, 0.3) is 0 Å². The molecule has 0 saturated carbocycles. The summed E-state index contributed by atoms with van der Waals surface area (Å²) in [5.74, 6) is -0.333. The molecule has 0 aliphatic heterocycles. The van der Waals surface area contributed by atoms with Crippen LogP contribution in [0.2, 0.25) is 0 Å². The van der Waals surface area contributed by atoms with Crippen LogP contribution in [0.1, 0.15) is 16.1 Å². The zero-order chi connectivity index (χ0) is 15.5. The smallest absolute Gasteiger partial charge is 0.214 e. The standard InChI is InChI=1S/C14H17FN2O2S2/c1-11-14(20-10-16-11)6-7-21(18,19)17(2)9-12-4-3-5-13(15)8-12/h3-5,8,10H,6-7,9H2,1-2H3. The minimum atomic E-state index is -3.37. The third-order valence-electron chi connectivity index (χ3n) is 3.20. The Kier molecular flexibility index (Phi) is 5.08. The molecule has 0 N–H and O–H groups in total. The number of aromatic nitrogens is 1. The van der Waals surface area contributed by atoms with Crippen LogP contribution in [0.4, 0.5) is 4.39 Å². The fourth-order valence-electron chi connectivity index (χ4n) is 1.93. The van der Waals surface area contributed by atoms with E-state index in [0.29, 0.717) is 12.0 Å². The lowest BCUT2D eigenvalue weighted by Gasteiger charge is -2.17. The van der Waals surface area contributed by atoms with Crippen LogP contribution in [0.3, 0.4) is 0 Å². The molecule has 1 aromatic heterocycles. The van der Waals surface area contributed by atoms with Crippen molar-refractivity contribution in [3.63, 3.8) is 0 Å². The summed E-state index contributed by atoms with van der Waals surface area (Å²) in [7, 11) is -1.86. The van der Waals surface area contributed by atoms with Crippen LogP contribution >= 0.6 is 11.3 Å². The maximum absolute atomic E-state index is 13.1. The van der Waals surface area contributed by atoms with Crippen molar-refractivity contribution in [1.82, 2.24) is 9.29 Å². The second-order valence-electron chi connectivity index (χ2n) is 4.81. The van der Waals surface area contributed by atoms with Crippen LogP contribution in [-0.2, 0) is 23.0 Å². The molecule has 0 atom stereocenters. The van der Waals surface area contributed by atoms with Crippen molar-refractivity contribution in [3.8, 4) is 0 Å². The van der Waals surface area contributed by atoms with E-state index in [4.69, 9.17) is 0 Å². The highest BCUT2D eigenvalue weighted by Crippen LogP contribution is 2.15. The summed E-state index contributed by atoms with van der Waals surface area (Å²) in [5.41, 5.74) is 3.23. The largest absolute Gasteiger partial charge is 0.250 e.